The summed E-state index contributed by atoms with van der Waals surface area (Å²) in [4.78, 5) is 34.6. The number of aliphatic hydroxyl groups is 1. The molecule has 2 aromatic heterocycles. The Morgan fingerprint density at radius 3 is 2.86 bits per heavy atom. The SMILES string of the molecule is C[C@H](C(=O)NCCN1CCOCC1)[C@@H]1CC[C@]2(C)Cc3sc(NC(=O)c4cccs4)nc3[C@@H](C)[C@@H]2[C@H]1O. The molecular weight excluding hydrogens is 508 g/mol. The molecule has 8 nitrogen and oxygen atoms in total. The van der Waals surface area contributed by atoms with Crippen LogP contribution in [0.5, 0.6) is 0 Å². The number of carbonyl (C=O) groups is 2. The first kappa shape index (κ1) is 26.7. The molecule has 2 fully saturated rings. The van der Waals surface area contributed by atoms with Crippen molar-refractivity contribution in [2.24, 2.45) is 23.2 Å². The minimum absolute atomic E-state index is 0.0188. The summed E-state index contributed by atoms with van der Waals surface area (Å²) in [6, 6.07) is 3.67. The molecule has 1 saturated carbocycles. The number of nitrogens with one attached hydrogen (secondary N) is 2. The molecule has 0 radical (unpaired) electrons. The molecular formula is C27H38N4O4S2. The Hall–Kier alpha value is -1.85. The molecule has 6 atom stereocenters. The summed E-state index contributed by atoms with van der Waals surface area (Å²) in [5.41, 5.74) is 0.924. The maximum Gasteiger partial charge on any atom is 0.267 e. The monoisotopic (exact) mass is 546 g/mol. The molecule has 0 bridgehead atoms. The molecule has 2 amide bonds. The van der Waals surface area contributed by atoms with Crippen molar-refractivity contribution in [3.05, 3.63) is 33.0 Å². The third kappa shape index (κ3) is 5.49. The van der Waals surface area contributed by atoms with Crippen LogP contribution in [0.25, 0.3) is 0 Å². The average molecular weight is 547 g/mol. The Kier molecular flexibility index (Phi) is 8.02. The van der Waals surface area contributed by atoms with Gasteiger partial charge in [-0.15, -0.1) is 22.7 Å². The first-order chi connectivity index (χ1) is 17.8. The zero-order valence-corrected chi connectivity index (χ0v) is 23.5. The second kappa shape index (κ2) is 11.1. The van der Waals surface area contributed by atoms with E-state index in [1.54, 1.807) is 11.3 Å². The molecule has 5 rings (SSSR count). The number of rotatable bonds is 7. The average Bonchev–Trinajstić information content (AvgIpc) is 3.54. The number of ether oxygens (including phenoxy) is 1. The van der Waals surface area contributed by atoms with Gasteiger partial charge in [0.05, 0.1) is 29.9 Å². The summed E-state index contributed by atoms with van der Waals surface area (Å²) < 4.78 is 5.39. The number of anilines is 1. The van der Waals surface area contributed by atoms with Gasteiger partial charge in [0.25, 0.3) is 5.91 Å². The lowest BCUT2D eigenvalue weighted by molar-refractivity contribution is -0.134. The molecule has 3 heterocycles. The van der Waals surface area contributed by atoms with Crippen molar-refractivity contribution < 1.29 is 19.4 Å². The number of morpholine rings is 1. The fraction of sp³-hybridized carbons (Fsp3) is 0.667. The van der Waals surface area contributed by atoms with Crippen LogP contribution in [0.15, 0.2) is 17.5 Å². The van der Waals surface area contributed by atoms with Crippen LogP contribution >= 0.6 is 22.7 Å². The fourth-order valence-corrected chi connectivity index (χ4v) is 8.56. The Balaban J connectivity index is 1.24. The van der Waals surface area contributed by atoms with Crippen molar-refractivity contribution in [2.75, 3.05) is 44.7 Å². The number of aromatic nitrogens is 1. The molecule has 2 aromatic rings. The van der Waals surface area contributed by atoms with Gasteiger partial charge in [-0.3, -0.25) is 19.8 Å². The van der Waals surface area contributed by atoms with E-state index in [1.807, 2.05) is 24.4 Å². The van der Waals surface area contributed by atoms with E-state index in [2.05, 4.69) is 29.4 Å². The van der Waals surface area contributed by atoms with Gasteiger partial charge in [0.1, 0.15) is 0 Å². The highest BCUT2D eigenvalue weighted by atomic mass is 32.1. The van der Waals surface area contributed by atoms with Crippen LogP contribution in [0, 0.1) is 23.2 Å². The second-order valence-corrected chi connectivity index (χ2v) is 13.2. The quantitative estimate of drug-likeness (QED) is 0.490. The summed E-state index contributed by atoms with van der Waals surface area (Å²) in [5.74, 6) is -0.378. The van der Waals surface area contributed by atoms with E-state index in [-0.39, 0.29) is 40.9 Å². The topological polar surface area (TPSA) is 104 Å². The largest absolute Gasteiger partial charge is 0.392 e. The van der Waals surface area contributed by atoms with E-state index in [4.69, 9.17) is 9.72 Å². The number of nitrogens with zero attached hydrogens (tertiary/aromatic N) is 2. The van der Waals surface area contributed by atoms with E-state index in [9.17, 15) is 14.7 Å². The zero-order chi connectivity index (χ0) is 26.2. The molecule has 2 aliphatic carbocycles. The van der Waals surface area contributed by atoms with Crippen molar-refractivity contribution in [3.63, 3.8) is 0 Å². The smallest absolute Gasteiger partial charge is 0.267 e. The van der Waals surface area contributed by atoms with Gasteiger partial charge in [0.15, 0.2) is 5.13 Å². The molecule has 1 saturated heterocycles. The number of carbonyl (C=O) groups excluding carboxylic acids is 2. The normalized spacial score (nSPS) is 30.7. The van der Waals surface area contributed by atoms with E-state index in [0.29, 0.717) is 16.6 Å². The Morgan fingerprint density at radius 1 is 1.35 bits per heavy atom. The molecule has 37 heavy (non-hydrogen) atoms. The van der Waals surface area contributed by atoms with Crippen molar-refractivity contribution in [3.8, 4) is 0 Å². The number of thiophene rings is 1. The summed E-state index contributed by atoms with van der Waals surface area (Å²) in [6.45, 7) is 11.1. The van der Waals surface area contributed by atoms with Gasteiger partial charge in [0, 0.05) is 42.9 Å². The molecule has 0 unspecified atom stereocenters. The molecule has 0 aromatic carbocycles. The molecule has 3 N–H and O–H groups in total. The minimum atomic E-state index is -0.576. The van der Waals surface area contributed by atoms with Crippen LogP contribution in [0.3, 0.4) is 0 Å². The summed E-state index contributed by atoms with van der Waals surface area (Å²) in [5, 5.41) is 20.2. The maximum atomic E-state index is 13.0. The van der Waals surface area contributed by atoms with Crippen LogP contribution < -0.4 is 10.6 Å². The Morgan fingerprint density at radius 2 is 2.14 bits per heavy atom. The standard InChI is InChI=1S/C27H38N4O4S2/c1-16(24(33)28-8-9-31-10-12-35-13-11-31)18-6-7-27(3)15-20-22(17(2)21(27)23(18)32)29-26(37-20)30-25(34)19-5-4-14-36-19/h4-5,14,16-18,21,23,32H,6-13,15H2,1-3H3,(H,28,33)(H,29,30,34)/t16-,17-,18-,21+,23-,27+/m0/s1. The lowest BCUT2D eigenvalue weighted by atomic mass is 9.53. The number of thiazole rings is 1. The summed E-state index contributed by atoms with van der Waals surface area (Å²) >= 11 is 2.97. The highest BCUT2D eigenvalue weighted by molar-refractivity contribution is 7.16. The van der Waals surface area contributed by atoms with Crippen LogP contribution in [0.1, 0.15) is 59.8 Å². The minimum Gasteiger partial charge on any atom is -0.392 e. The van der Waals surface area contributed by atoms with Gasteiger partial charge in [-0.25, -0.2) is 4.98 Å². The van der Waals surface area contributed by atoms with Crippen molar-refractivity contribution in [1.82, 2.24) is 15.2 Å². The lowest BCUT2D eigenvalue weighted by Gasteiger charge is -2.53. The van der Waals surface area contributed by atoms with Crippen LogP contribution in [0.2, 0.25) is 0 Å². The van der Waals surface area contributed by atoms with Gasteiger partial charge in [0.2, 0.25) is 5.91 Å². The summed E-state index contributed by atoms with van der Waals surface area (Å²) in [6.07, 6.45) is 2.05. The number of aliphatic hydroxyl groups excluding tert-OH is 1. The number of hydrogen-bond donors (Lipinski definition) is 3. The van der Waals surface area contributed by atoms with Gasteiger partial charge >= 0.3 is 0 Å². The van der Waals surface area contributed by atoms with E-state index in [0.717, 1.165) is 57.8 Å². The van der Waals surface area contributed by atoms with Crippen molar-refractivity contribution in [2.45, 2.75) is 52.1 Å². The molecule has 10 heteroatoms. The van der Waals surface area contributed by atoms with Crippen molar-refractivity contribution >= 4 is 39.6 Å². The predicted octanol–water partition coefficient (Wildman–Crippen LogP) is 3.59. The van der Waals surface area contributed by atoms with Gasteiger partial charge in [-0.05, 0) is 48.0 Å². The van der Waals surface area contributed by atoms with Gasteiger partial charge in [-0.2, -0.15) is 0 Å². The lowest BCUT2D eigenvalue weighted by Crippen LogP contribution is -2.53. The fourth-order valence-electron chi connectivity index (χ4n) is 6.68. The number of fused-ring (bicyclic) bond motifs is 2. The third-order valence-electron chi connectivity index (χ3n) is 8.77. The Bertz CT molecular complexity index is 1100. The number of hydrogen-bond acceptors (Lipinski definition) is 8. The molecule has 202 valence electrons. The van der Waals surface area contributed by atoms with Crippen LogP contribution in [-0.2, 0) is 16.0 Å². The van der Waals surface area contributed by atoms with E-state index >= 15 is 0 Å². The second-order valence-electron chi connectivity index (χ2n) is 11.1. The molecule has 3 aliphatic rings. The van der Waals surface area contributed by atoms with Crippen LogP contribution in [-0.4, -0.2) is 72.3 Å². The highest BCUT2D eigenvalue weighted by Gasteiger charge is 2.53. The first-order valence-electron chi connectivity index (χ1n) is 13.4. The van der Waals surface area contributed by atoms with Crippen LogP contribution in [0.4, 0.5) is 5.13 Å². The third-order valence-corrected chi connectivity index (χ3v) is 10.6. The zero-order valence-electron chi connectivity index (χ0n) is 21.9. The molecule has 0 spiro atoms. The number of amides is 2. The van der Waals surface area contributed by atoms with Gasteiger partial charge in [-0.1, -0.05) is 26.8 Å². The summed E-state index contributed by atoms with van der Waals surface area (Å²) in [7, 11) is 0. The molecule has 1 aliphatic heterocycles. The van der Waals surface area contributed by atoms with Gasteiger partial charge < -0.3 is 15.2 Å². The van der Waals surface area contributed by atoms with E-state index in [1.165, 1.54) is 16.2 Å². The van der Waals surface area contributed by atoms with Crippen molar-refractivity contribution in [1.29, 1.82) is 0 Å². The Labute approximate surface area is 226 Å². The first-order valence-corrected chi connectivity index (χ1v) is 15.1. The maximum absolute atomic E-state index is 13.0. The highest BCUT2D eigenvalue weighted by Crippen LogP contribution is 2.57. The predicted molar refractivity (Wildman–Crippen MR) is 146 cm³/mol. The van der Waals surface area contributed by atoms with E-state index < -0.39 is 6.10 Å².